The van der Waals surface area contributed by atoms with E-state index in [0.717, 1.165) is 44.5 Å². The molecule has 1 aromatic heterocycles. The van der Waals surface area contributed by atoms with Gasteiger partial charge in [0.05, 0.1) is 30.1 Å². The molecule has 6 rings (SSSR count). The summed E-state index contributed by atoms with van der Waals surface area (Å²) < 4.78 is 31.8. The zero-order valence-corrected chi connectivity index (χ0v) is 20.3. The number of nitrogens with one attached hydrogen (secondary N) is 2. The summed E-state index contributed by atoms with van der Waals surface area (Å²) in [6.07, 6.45) is 9.96. The monoisotopic (exact) mass is 498 g/mol. The molecule has 5 heterocycles. The van der Waals surface area contributed by atoms with Gasteiger partial charge < -0.3 is 20.3 Å². The fraction of sp³-hybridized carbons (Fsp3) is 0.458. The van der Waals surface area contributed by atoms with Crippen molar-refractivity contribution in [1.29, 1.82) is 0 Å². The molecule has 2 fully saturated rings. The highest BCUT2D eigenvalue weighted by Crippen LogP contribution is 2.33. The first-order valence-electron chi connectivity index (χ1n) is 12.0. The molecule has 2 N–H and O–H groups in total. The second-order valence-corrected chi connectivity index (χ2v) is 10.8. The first kappa shape index (κ1) is 23.6. The molecule has 1 amide bonds. The zero-order chi connectivity index (χ0) is 24.3. The van der Waals surface area contributed by atoms with Gasteiger partial charge in [0.2, 0.25) is 5.95 Å². The lowest BCUT2D eigenvalue weighted by Crippen LogP contribution is -2.41. The Morgan fingerprint density at radius 2 is 1.94 bits per heavy atom. The summed E-state index contributed by atoms with van der Waals surface area (Å²) in [5, 5.41) is 6.07. The van der Waals surface area contributed by atoms with Gasteiger partial charge in [0.25, 0.3) is 15.9 Å². The van der Waals surface area contributed by atoms with Gasteiger partial charge in [-0.2, -0.15) is 4.98 Å². The van der Waals surface area contributed by atoms with Crippen molar-refractivity contribution in [3.63, 3.8) is 0 Å². The Hall–Kier alpha value is -3.18. The van der Waals surface area contributed by atoms with Crippen molar-refractivity contribution < 1.29 is 17.9 Å². The highest BCUT2D eigenvalue weighted by molar-refractivity contribution is 7.92. The summed E-state index contributed by atoms with van der Waals surface area (Å²) in [5.41, 5.74) is 1.76. The number of carbonyl (C=O) groups is 1. The Kier molecular flexibility index (Phi) is 6.87. The fourth-order valence-electron chi connectivity index (χ4n) is 4.71. The summed E-state index contributed by atoms with van der Waals surface area (Å²) in [7, 11) is -3.57. The molecular weight excluding hydrogens is 468 g/mol. The van der Waals surface area contributed by atoms with Gasteiger partial charge in [-0.15, -0.1) is 0 Å². The van der Waals surface area contributed by atoms with Crippen molar-refractivity contribution in [1.82, 2.24) is 9.97 Å². The van der Waals surface area contributed by atoms with Gasteiger partial charge in [0.15, 0.2) is 5.94 Å². The maximum absolute atomic E-state index is 13.4. The van der Waals surface area contributed by atoms with Gasteiger partial charge >= 0.3 is 0 Å². The summed E-state index contributed by atoms with van der Waals surface area (Å²) >= 11 is 0. The molecule has 2 saturated heterocycles. The molecule has 11 heteroatoms. The Labute approximate surface area is 205 Å². The topological polar surface area (TPSA) is 117 Å². The number of aromatic nitrogens is 2. The van der Waals surface area contributed by atoms with E-state index in [2.05, 4.69) is 37.7 Å². The number of hydrogen-bond acceptors (Lipinski definition) is 8. The van der Waals surface area contributed by atoms with Crippen LogP contribution in [0.5, 0.6) is 0 Å². The van der Waals surface area contributed by atoms with Gasteiger partial charge in [0.1, 0.15) is 5.82 Å². The Morgan fingerprint density at radius 1 is 1.09 bits per heavy atom. The number of rotatable bonds is 1. The van der Waals surface area contributed by atoms with E-state index in [-0.39, 0.29) is 18.4 Å². The van der Waals surface area contributed by atoms with Crippen molar-refractivity contribution in [3.8, 4) is 0 Å². The number of piperidine rings is 1. The zero-order valence-electron chi connectivity index (χ0n) is 19.5. The van der Waals surface area contributed by atoms with Crippen LogP contribution in [0.3, 0.4) is 0 Å². The average Bonchev–Trinajstić information content (AvgIpc) is 2.86. The quantitative estimate of drug-likeness (QED) is 0.577. The van der Waals surface area contributed by atoms with Gasteiger partial charge in [-0.05, 0) is 55.9 Å². The van der Waals surface area contributed by atoms with E-state index in [0.29, 0.717) is 42.1 Å². The fourth-order valence-corrected chi connectivity index (χ4v) is 5.96. The van der Waals surface area contributed by atoms with Crippen LogP contribution in [0.4, 0.5) is 23.1 Å². The molecule has 0 aliphatic carbocycles. The number of sulfonamides is 1. The van der Waals surface area contributed by atoms with Crippen molar-refractivity contribution in [3.05, 3.63) is 48.2 Å². The van der Waals surface area contributed by atoms with E-state index >= 15 is 0 Å². The number of carbonyl (C=O) groups excluding carboxylic acids is 1. The smallest absolute Gasteiger partial charge is 0.259 e. The third-order valence-corrected chi connectivity index (χ3v) is 8.13. The van der Waals surface area contributed by atoms with Gasteiger partial charge in [0, 0.05) is 25.8 Å². The number of benzene rings is 1. The van der Waals surface area contributed by atoms with Crippen LogP contribution in [-0.4, -0.2) is 63.0 Å². The maximum atomic E-state index is 13.4. The van der Waals surface area contributed by atoms with E-state index < -0.39 is 10.0 Å². The SMILES string of the molecule is O=C1Nc2ccnc(n2)NCC/C=C/CC2CCN(CC2)c2cc(N3CCOCS3(=O)=O)ccc21. The lowest BCUT2D eigenvalue weighted by atomic mass is 9.92. The minimum atomic E-state index is -3.57. The van der Waals surface area contributed by atoms with Crippen LogP contribution < -0.4 is 19.8 Å². The molecule has 0 atom stereocenters. The van der Waals surface area contributed by atoms with Crippen LogP contribution in [0.1, 0.15) is 36.0 Å². The van der Waals surface area contributed by atoms with E-state index in [1.54, 1.807) is 24.4 Å². The molecule has 186 valence electrons. The number of nitrogens with zero attached hydrogens (tertiary/aromatic N) is 4. The first-order valence-corrected chi connectivity index (χ1v) is 13.6. The number of amides is 1. The van der Waals surface area contributed by atoms with Gasteiger partial charge in [-0.25, -0.2) is 13.4 Å². The second-order valence-electron chi connectivity index (χ2n) is 8.98. The normalized spacial score (nSPS) is 22.0. The second kappa shape index (κ2) is 10.2. The van der Waals surface area contributed by atoms with Gasteiger partial charge in [-0.1, -0.05) is 12.2 Å². The molecule has 4 aliphatic heterocycles. The standard InChI is InChI=1S/C24H30N6O4S/c31-23-20-6-5-19(30-14-15-34-17-35(30,32)33)16-21(20)29-12-8-18(9-13-29)4-2-1-3-10-25-24-26-11-7-22(27-23)28-24/h1-2,5-7,11,16,18H,3-4,8-10,12-15,17H2,(H2,25,26,27,28,31)/b2-1+. The summed E-state index contributed by atoms with van der Waals surface area (Å²) in [6.45, 7) is 2.90. The predicted octanol–water partition coefficient (Wildman–Crippen LogP) is 2.83. The van der Waals surface area contributed by atoms with Crippen LogP contribution in [-0.2, 0) is 14.8 Å². The molecule has 2 aromatic rings. The number of ether oxygens (including phenoxy) is 1. The number of hydrogen-bond donors (Lipinski definition) is 2. The van der Waals surface area contributed by atoms with Crippen molar-refractivity contribution in [2.45, 2.75) is 25.7 Å². The highest BCUT2D eigenvalue weighted by Gasteiger charge is 2.29. The van der Waals surface area contributed by atoms with Crippen molar-refractivity contribution >= 4 is 39.1 Å². The maximum Gasteiger partial charge on any atom is 0.259 e. The first-order chi connectivity index (χ1) is 17.0. The molecule has 35 heavy (non-hydrogen) atoms. The number of allylic oxidation sites excluding steroid dienone is 1. The lowest BCUT2D eigenvalue weighted by Gasteiger charge is -2.35. The summed E-state index contributed by atoms with van der Waals surface area (Å²) in [5.74, 6) is 0.807. The molecule has 1 aromatic carbocycles. The Bertz CT molecular complexity index is 1210. The molecule has 0 radical (unpaired) electrons. The van der Waals surface area contributed by atoms with Crippen molar-refractivity contribution in [2.75, 3.05) is 58.6 Å². The lowest BCUT2D eigenvalue weighted by molar-refractivity contribution is 0.102. The third kappa shape index (κ3) is 5.40. The van der Waals surface area contributed by atoms with Crippen LogP contribution in [0.15, 0.2) is 42.6 Å². The van der Waals surface area contributed by atoms with E-state index in [4.69, 9.17) is 4.74 Å². The molecule has 10 nitrogen and oxygen atoms in total. The minimum absolute atomic E-state index is 0.248. The number of fused-ring (bicyclic) bond motifs is 7. The van der Waals surface area contributed by atoms with E-state index in [1.807, 2.05) is 6.07 Å². The Balaban J connectivity index is 1.51. The third-order valence-electron chi connectivity index (χ3n) is 6.60. The van der Waals surface area contributed by atoms with E-state index in [1.165, 1.54) is 4.31 Å². The minimum Gasteiger partial charge on any atom is -0.371 e. The van der Waals surface area contributed by atoms with Gasteiger partial charge in [-0.3, -0.25) is 9.10 Å². The molecule has 0 spiro atoms. The van der Waals surface area contributed by atoms with Crippen LogP contribution in [0.2, 0.25) is 0 Å². The van der Waals surface area contributed by atoms with E-state index in [9.17, 15) is 13.2 Å². The molecule has 0 unspecified atom stereocenters. The largest absolute Gasteiger partial charge is 0.371 e. The molecular formula is C24H30N6O4S. The Morgan fingerprint density at radius 3 is 2.77 bits per heavy atom. The summed E-state index contributed by atoms with van der Waals surface area (Å²) in [6, 6.07) is 6.86. The molecule has 0 saturated carbocycles. The predicted molar refractivity (Wildman–Crippen MR) is 135 cm³/mol. The summed E-state index contributed by atoms with van der Waals surface area (Å²) in [4.78, 5) is 24.2. The number of anilines is 4. The van der Waals surface area contributed by atoms with Crippen LogP contribution >= 0.6 is 0 Å². The average molecular weight is 499 g/mol. The highest BCUT2D eigenvalue weighted by atomic mass is 32.2. The molecule has 4 aliphatic rings. The van der Waals surface area contributed by atoms with Crippen LogP contribution in [0, 0.1) is 5.92 Å². The van der Waals surface area contributed by atoms with Crippen LogP contribution in [0.25, 0.3) is 0 Å². The van der Waals surface area contributed by atoms with Crippen molar-refractivity contribution in [2.24, 2.45) is 5.92 Å². The molecule has 4 bridgehead atoms.